The van der Waals surface area contributed by atoms with E-state index >= 15 is 0 Å². The van der Waals surface area contributed by atoms with Gasteiger partial charge in [0.05, 0.1) is 28.4 Å². The molecule has 1 N–H and O–H groups in total. The molecule has 4 aromatic carbocycles. The van der Waals surface area contributed by atoms with E-state index in [1.807, 2.05) is 24.3 Å². The molecule has 0 fully saturated rings. The number of hydrogen-bond donors (Lipinski definition) is 1. The van der Waals surface area contributed by atoms with Crippen molar-refractivity contribution >= 4 is 0 Å². The third-order valence-corrected chi connectivity index (χ3v) is 9.28. The number of methoxy groups -OCH3 is 4. The summed E-state index contributed by atoms with van der Waals surface area (Å²) in [6.07, 6.45) is 3.27. The zero-order valence-corrected chi connectivity index (χ0v) is 27.7. The van der Waals surface area contributed by atoms with Crippen molar-refractivity contribution in [1.29, 1.82) is 0 Å². The zero-order valence-electron chi connectivity index (χ0n) is 27.7. The van der Waals surface area contributed by atoms with Crippen molar-refractivity contribution in [3.8, 4) is 40.2 Å². The van der Waals surface area contributed by atoms with Gasteiger partial charge in [-0.1, -0.05) is 18.2 Å². The van der Waals surface area contributed by atoms with Gasteiger partial charge in [0, 0.05) is 50.1 Å². The molecule has 2 aliphatic rings. The fourth-order valence-corrected chi connectivity index (χ4v) is 6.83. The lowest BCUT2D eigenvalue weighted by atomic mass is 9.90. The second-order valence-electron chi connectivity index (χ2n) is 12.3. The number of benzene rings is 4. The van der Waals surface area contributed by atoms with Gasteiger partial charge in [-0.05, 0) is 96.7 Å². The van der Waals surface area contributed by atoms with Crippen LogP contribution in [0.25, 0.3) is 0 Å². The van der Waals surface area contributed by atoms with Gasteiger partial charge in [0.2, 0.25) is 0 Å². The summed E-state index contributed by atoms with van der Waals surface area (Å²) >= 11 is 0. The smallest absolute Gasteiger partial charge is 0.169 e. The topological polar surface area (TPSA) is 72.9 Å². The Labute approximate surface area is 272 Å². The number of phenolic OH excluding ortho intramolecular Hbond substituents is 1. The summed E-state index contributed by atoms with van der Waals surface area (Å²) in [7, 11) is 11.1. The fourth-order valence-electron chi connectivity index (χ4n) is 6.83. The molecule has 0 radical (unpaired) electrons. The molecule has 0 saturated heterocycles. The van der Waals surface area contributed by atoms with E-state index in [2.05, 4.69) is 48.2 Å². The highest BCUT2D eigenvalue weighted by molar-refractivity contribution is 5.58. The van der Waals surface area contributed by atoms with E-state index in [1.54, 1.807) is 34.5 Å². The lowest BCUT2D eigenvalue weighted by molar-refractivity contribution is 0.305. The third-order valence-electron chi connectivity index (χ3n) is 9.28. The number of likely N-dealkylation sites (N-methyl/N-ethyl adjacent to an activating group) is 2. The summed E-state index contributed by atoms with van der Waals surface area (Å²) < 4.78 is 29.4. The Morgan fingerprint density at radius 3 is 1.61 bits per heavy atom. The molecule has 242 valence electrons. The van der Waals surface area contributed by atoms with Crippen LogP contribution >= 0.6 is 0 Å². The Kier molecular flexibility index (Phi) is 9.29. The Morgan fingerprint density at radius 1 is 0.609 bits per heavy atom. The fraction of sp³-hybridized carbons (Fsp3) is 0.368. The van der Waals surface area contributed by atoms with Gasteiger partial charge < -0.3 is 38.6 Å². The number of hydrogen-bond acceptors (Lipinski definition) is 8. The van der Waals surface area contributed by atoms with Gasteiger partial charge in [-0.25, -0.2) is 0 Å². The molecule has 0 saturated carbocycles. The maximum Gasteiger partial charge on any atom is 0.169 e. The monoisotopic (exact) mass is 624 g/mol. The summed E-state index contributed by atoms with van der Waals surface area (Å²) in [6.45, 7) is 3.75. The molecule has 0 aromatic heterocycles. The van der Waals surface area contributed by atoms with Crippen molar-refractivity contribution in [2.45, 2.75) is 38.8 Å². The molecule has 6 rings (SSSR count). The first-order chi connectivity index (χ1) is 22.3. The molecule has 46 heavy (non-hydrogen) atoms. The lowest BCUT2D eigenvalue weighted by Crippen LogP contribution is -2.28. The first kappa shape index (κ1) is 31.6. The van der Waals surface area contributed by atoms with Crippen LogP contribution in [0.3, 0.4) is 0 Å². The van der Waals surface area contributed by atoms with Crippen LogP contribution in [0.5, 0.6) is 40.2 Å². The molecule has 0 aliphatic carbocycles. The summed E-state index contributed by atoms with van der Waals surface area (Å²) in [5, 5.41) is 10.8. The number of phenols is 1. The molecule has 4 aromatic rings. The van der Waals surface area contributed by atoms with Crippen LogP contribution in [0.4, 0.5) is 0 Å². The number of rotatable bonds is 10. The minimum Gasteiger partial charge on any atom is -0.504 e. The van der Waals surface area contributed by atoms with Gasteiger partial charge in [-0.3, -0.25) is 0 Å². The Hall–Kier alpha value is -4.40. The van der Waals surface area contributed by atoms with Crippen LogP contribution in [-0.2, 0) is 38.8 Å². The lowest BCUT2D eigenvalue weighted by Gasteiger charge is -2.29. The number of fused-ring (bicyclic) bond motifs is 2. The molecular weight excluding hydrogens is 580 g/mol. The third kappa shape index (κ3) is 6.32. The molecule has 8 nitrogen and oxygen atoms in total. The summed E-state index contributed by atoms with van der Waals surface area (Å²) in [6, 6.07) is 17.8. The van der Waals surface area contributed by atoms with Crippen molar-refractivity contribution in [1.82, 2.24) is 9.80 Å². The van der Waals surface area contributed by atoms with Crippen molar-refractivity contribution in [2.24, 2.45) is 0 Å². The van der Waals surface area contributed by atoms with Crippen molar-refractivity contribution in [2.75, 3.05) is 55.6 Å². The molecule has 0 unspecified atom stereocenters. The summed E-state index contributed by atoms with van der Waals surface area (Å²) in [5.74, 6) is 4.20. The first-order valence-corrected chi connectivity index (χ1v) is 15.8. The molecular formula is C38H44N2O6. The maximum atomic E-state index is 10.8. The highest BCUT2D eigenvalue weighted by Crippen LogP contribution is 2.42. The SMILES string of the molecule is COc1cc2c(c(Cc3ccc(Oc4cc(Cc5c6c(cc(OC)c5OC)CCN(C)C6)ccc4O)cc3)c1OC)CN(C)CC2. The molecule has 0 bridgehead atoms. The van der Waals surface area contributed by atoms with Crippen molar-refractivity contribution in [3.63, 3.8) is 0 Å². The van der Waals surface area contributed by atoms with E-state index in [-0.39, 0.29) is 5.75 Å². The quantitative estimate of drug-likeness (QED) is 0.218. The standard InChI is InChI=1S/C38H44N2O6/c1-39-15-13-26-20-35(42-3)37(44-5)29(31(26)22-39)17-24-7-10-28(11-8-24)46-34-19-25(9-12-33(34)41)18-30-32-23-40(2)16-14-27(32)21-36(43-4)38(30)45-6/h7-12,19-21,41H,13-18,22-23H2,1-6H3. The van der Waals surface area contributed by atoms with Crippen LogP contribution in [0.1, 0.15) is 44.5 Å². The number of nitrogens with zero attached hydrogens (tertiary/aromatic N) is 2. The van der Waals surface area contributed by atoms with E-state index < -0.39 is 0 Å². The molecule has 8 heteroatoms. The van der Waals surface area contributed by atoms with Gasteiger partial charge >= 0.3 is 0 Å². The maximum absolute atomic E-state index is 10.8. The van der Waals surface area contributed by atoms with E-state index in [9.17, 15) is 5.11 Å². The van der Waals surface area contributed by atoms with Gasteiger partial charge in [0.1, 0.15) is 5.75 Å². The van der Waals surface area contributed by atoms with Gasteiger partial charge in [-0.2, -0.15) is 0 Å². The van der Waals surface area contributed by atoms with Crippen LogP contribution < -0.4 is 23.7 Å². The van der Waals surface area contributed by atoms with E-state index in [1.165, 1.54) is 22.3 Å². The highest BCUT2D eigenvalue weighted by Gasteiger charge is 2.25. The highest BCUT2D eigenvalue weighted by atomic mass is 16.5. The summed E-state index contributed by atoms with van der Waals surface area (Å²) in [5.41, 5.74) is 9.60. The molecule has 0 spiro atoms. The van der Waals surface area contributed by atoms with Gasteiger partial charge in [0.15, 0.2) is 34.5 Å². The van der Waals surface area contributed by atoms with E-state index in [0.717, 1.165) is 84.3 Å². The first-order valence-electron chi connectivity index (χ1n) is 15.8. The molecule has 0 amide bonds. The van der Waals surface area contributed by atoms with Crippen molar-refractivity contribution < 1.29 is 28.8 Å². The second-order valence-corrected chi connectivity index (χ2v) is 12.3. The van der Waals surface area contributed by atoms with E-state index in [0.29, 0.717) is 24.3 Å². The van der Waals surface area contributed by atoms with Crippen molar-refractivity contribution in [3.05, 3.63) is 99.1 Å². The second kappa shape index (κ2) is 13.5. The Morgan fingerprint density at radius 2 is 1.11 bits per heavy atom. The van der Waals surface area contributed by atoms with Gasteiger partial charge in [-0.15, -0.1) is 0 Å². The summed E-state index contributed by atoms with van der Waals surface area (Å²) in [4.78, 5) is 4.66. The van der Waals surface area contributed by atoms with Crippen LogP contribution in [0, 0.1) is 0 Å². The van der Waals surface area contributed by atoms with Crippen LogP contribution in [0.15, 0.2) is 54.6 Å². The normalized spacial score (nSPS) is 14.7. The minimum absolute atomic E-state index is 0.0871. The van der Waals surface area contributed by atoms with Crippen LogP contribution in [0.2, 0.25) is 0 Å². The average molecular weight is 625 g/mol. The molecule has 0 atom stereocenters. The predicted molar refractivity (Wildman–Crippen MR) is 179 cm³/mol. The minimum atomic E-state index is 0.0871. The zero-order chi connectivity index (χ0) is 32.4. The number of ether oxygens (including phenoxy) is 5. The Bertz CT molecular complexity index is 1720. The molecule has 2 heterocycles. The predicted octanol–water partition coefficient (Wildman–Crippen LogP) is 6.38. The molecule has 2 aliphatic heterocycles. The largest absolute Gasteiger partial charge is 0.504 e. The Balaban J connectivity index is 1.25. The van der Waals surface area contributed by atoms with Gasteiger partial charge in [0.25, 0.3) is 0 Å². The average Bonchev–Trinajstić information content (AvgIpc) is 3.06. The number of aromatic hydroxyl groups is 1. The van der Waals surface area contributed by atoms with E-state index in [4.69, 9.17) is 23.7 Å². The van der Waals surface area contributed by atoms with Crippen LogP contribution in [-0.4, -0.2) is 70.5 Å².